The van der Waals surface area contributed by atoms with Crippen molar-refractivity contribution in [2.45, 2.75) is 44.8 Å². The molecule has 1 aromatic heterocycles. The zero-order chi connectivity index (χ0) is 20.9. The van der Waals surface area contributed by atoms with E-state index in [4.69, 9.17) is 4.74 Å². The number of aliphatic hydroxyl groups is 1. The lowest BCUT2D eigenvalue weighted by Gasteiger charge is -2.38. The summed E-state index contributed by atoms with van der Waals surface area (Å²) < 4.78 is 22.6. The molecule has 8 heteroatoms. The zero-order valence-electron chi connectivity index (χ0n) is 16.5. The van der Waals surface area contributed by atoms with E-state index in [2.05, 4.69) is 0 Å². The van der Waals surface area contributed by atoms with E-state index in [9.17, 15) is 19.8 Å². The molecule has 2 aliphatic rings. The van der Waals surface area contributed by atoms with Gasteiger partial charge in [0.2, 0.25) is 5.43 Å². The Hall–Kier alpha value is -2.61. The topological polar surface area (TPSA) is 92.0 Å². The van der Waals surface area contributed by atoms with E-state index in [1.807, 2.05) is 11.8 Å². The first-order chi connectivity index (χ1) is 13.9. The maximum atomic E-state index is 15.3. The van der Waals surface area contributed by atoms with E-state index in [0.29, 0.717) is 25.0 Å². The fraction of sp³-hybridized carbons (Fsp3) is 0.524. The molecule has 0 spiro atoms. The molecule has 2 aromatic rings. The summed E-state index contributed by atoms with van der Waals surface area (Å²) in [5.74, 6) is -1.69. The van der Waals surface area contributed by atoms with E-state index < -0.39 is 23.3 Å². The van der Waals surface area contributed by atoms with Gasteiger partial charge in [-0.2, -0.15) is 0 Å². The minimum Gasteiger partial charge on any atom is -0.492 e. The molecule has 29 heavy (non-hydrogen) atoms. The number of methoxy groups -OCH3 is 1. The molecule has 1 aromatic carbocycles. The van der Waals surface area contributed by atoms with Gasteiger partial charge in [-0.3, -0.25) is 4.79 Å². The Morgan fingerprint density at radius 1 is 1.34 bits per heavy atom. The Balaban J connectivity index is 1.97. The number of carbonyl (C=O) groups is 1. The summed E-state index contributed by atoms with van der Waals surface area (Å²) in [5.41, 5.74) is -0.387. The Labute approximate surface area is 167 Å². The highest BCUT2D eigenvalue weighted by Crippen LogP contribution is 2.44. The van der Waals surface area contributed by atoms with E-state index in [1.54, 1.807) is 4.57 Å². The van der Waals surface area contributed by atoms with Crippen LogP contribution in [0.1, 0.15) is 49.0 Å². The van der Waals surface area contributed by atoms with Crippen LogP contribution in [0.3, 0.4) is 0 Å². The van der Waals surface area contributed by atoms with Gasteiger partial charge in [-0.1, -0.05) is 6.92 Å². The number of piperidine rings is 1. The molecular formula is C21H25FN2O5. The number of anilines is 1. The van der Waals surface area contributed by atoms with Crippen LogP contribution in [0.25, 0.3) is 10.9 Å². The first-order valence-electron chi connectivity index (χ1n) is 9.99. The molecule has 2 N–H and O–H groups in total. The van der Waals surface area contributed by atoms with Gasteiger partial charge in [0, 0.05) is 31.2 Å². The van der Waals surface area contributed by atoms with Crippen LogP contribution in [-0.2, 0) is 0 Å². The van der Waals surface area contributed by atoms with Crippen LogP contribution < -0.4 is 15.1 Å². The van der Waals surface area contributed by atoms with Gasteiger partial charge in [0.15, 0.2) is 11.6 Å². The Morgan fingerprint density at radius 3 is 2.66 bits per heavy atom. The van der Waals surface area contributed by atoms with Crippen molar-refractivity contribution in [1.29, 1.82) is 0 Å². The van der Waals surface area contributed by atoms with Crippen LogP contribution in [0.2, 0.25) is 0 Å². The summed E-state index contributed by atoms with van der Waals surface area (Å²) >= 11 is 0. The third-order valence-corrected chi connectivity index (χ3v) is 6.11. The molecule has 2 atom stereocenters. The van der Waals surface area contributed by atoms with Gasteiger partial charge < -0.3 is 24.4 Å². The number of carboxylic acids is 1. The number of benzene rings is 1. The average Bonchev–Trinajstić information content (AvgIpc) is 3.53. The van der Waals surface area contributed by atoms with Crippen LogP contribution in [0.5, 0.6) is 5.75 Å². The van der Waals surface area contributed by atoms with Crippen LogP contribution in [0.15, 0.2) is 17.1 Å². The molecule has 156 valence electrons. The normalized spacial score (nSPS) is 22.1. The fourth-order valence-corrected chi connectivity index (χ4v) is 4.35. The molecule has 0 bridgehead atoms. The second kappa shape index (κ2) is 7.33. The number of rotatable bonds is 5. The standard InChI is InChI=1S/C21H25FN2O5/c1-3-11-9-23(7-6-16(11)25)18-15(22)8-13-17(20(18)29-2)24(12-4-5-12)10-14(19(13)26)21(27)28/h8,10-12,16,25H,3-7,9H2,1-2H3,(H,27,28). The van der Waals surface area contributed by atoms with E-state index in [1.165, 1.54) is 13.3 Å². The van der Waals surface area contributed by atoms with Gasteiger partial charge in [0.25, 0.3) is 0 Å². The largest absolute Gasteiger partial charge is 0.492 e. The maximum absolute atomic E-state index is 15.3. The third kappa shape index (κ3) is 3.25. The number of aromatic carboxylic acids is 1. The lowest BCUT2D eigenvalue weighted by atomic mass is 9.92. The Bertz CT molecular complexity index is 1030. The molecular weight excluding hydrogens is 379 g/mol. The number of nitrogens with zero attached hydrogens (tertiary/aromatic N) is 2. The fourth-order valence-electron chi connectivity index (χ4n) is 4.35. The summed E-state index contributed by atoms with van der Waals surface area (Å²) in [5, 5.41) is 19.6. The van der Waals surface area contributed by atoms with Crippen LogP contribution in [0, 0.1) is 11.7 Å². The monoisotopic (exact) mass is 404 g/mol. The minimum atomic E-state index is -1.33. The number of aromatic nitrogens is 1. The number of hydrogen-bond donors (Lipinski definition) is 2. The summed E-state index contributed by atoms with van der Waals surface area (Å²) in [6, 6.07) is 1.20. The molecule has 0 radical (unpaired) electrons. The van der Waals surface area contributed by atoms with Gasteiger partial charge in [-0.05, 0) is 31.7 Å². The van der Waals surface area contributed by atoms with E-state index >= 15 is 4.39 Å². The number of hydrogen-bond acceptors (Lipinski definition) is 5. The van der Waals surface area contributed by atoms with E-state index in [-0.39, 0.29) is 34.3 Å². The quantitative estimate of drug-likeness (QED) is 0.796. The van der Waals surface area contributed by atoms with E-state index in [0.717, 1.165) is 25.3 Å². The average molecular weight is 404 g/mol. The van der Waals surface area contributed by atoms with Crippen molar-refractivity contribution in [3.05, 3.63) is 33.9 Å². The van der Waals surface area contributed by atoms with Gasteiger partial charge in [-0.25, -0.2) is 9.18 Å². The minimum absolute atomic E-state index is 0.0129. The molecule has 2 fully saturated rings. The van der Waals surface area contributed by atoms with Crippen molar-refractivity contribution in [3.8, 4) is 5.75 Å². The zero-order valence-corrected chi connectivity index (χ0v) is 16.5. The molecule has 1 aliphatic carbocycles. The molecule has 2 unspecified atom stereocenters. The van der Waals surface area contributed by atoms with Gasteiger partial charge in [0.1, 0.15) is 11.3 Å². The second-order valence-corrected chi connectivity index (χ2v) is 7.92. The number of halogens is 1. The summed E-state index contributed by atoms with van der Waals surface area (Å²) in [6.07, 6.45) is 3.94. The number of pyridine rings is 1. The van der Waals surface area contributed by atoms with Gasteiger partial charge in [0.05, 0.1) is 24.1 Å². The van der Waals surface area contributed by atoms with Gasteiger partial charge in [-0.15, -0.1) is 0 Å². The predicted molar refractivity (Wildman–Crippen MR) is 107 cm³/mol. The summed E-state index contributed by atoms with van der Waals surface area (Å²) in [7, 11) is 1.43. The third-order valence-electron chi connectivity index (χ3n) is 6.11. The highest BCUT2D eigenvalue weighted by molar-refractivity contribution is 5.97. The first kappa shape index (κ1) is 19.7. The van der Waals surface area contributed by atoms with Crippen molar-refractivity contribution in [2.24, 2.45) is 5.92 Å². The SMILES string of the molecule is CCC1CN(c2c(F)cc3c(=O)c(C(=O)O)cn(C4CC4)c3c2OC)CCC1O. The highest BCUT2D eigenvalue weighted by Gasteiger charge is 2.33. The lowest BCUT2D eigenvalue weighted by Crippen LogP contribution is -2.43. The molecule has 7 nitrogen and oxygen atoms in total. The van der Waals surface area contributed by atoms with Crippen molar-refractivity contribution in [3.63, 3.8) is 0 Å². The van der Waals surface area contributed by atoms with Crippen molar-refractivity contribution < 1.29 is 24.1 Å². The molecule has 4 rings (SSSR count). The molecule has 0 amide bonds. The highest BCUT2D eigenvalue weighted by atomic mass is 19.1. The number of carboxylic acid groups (broad SMARTS) is 1. The van der Waals surface area contributed by atoms with Crippen molar-refractivity contribution >= 4 is 22.6 Å². The second-order valence-electron chi connectivity index (χ2n) is 7.92. The maximum Gasteiger partial charge on any atom is 0.341 e. The molecule has 1 saturated heterocycles. The number of ether oxygens (including phenoxy) is 1. The Kier molecular flexibility index (Phi) is 4.98. The predicted octanol–water partition coefficient (Wildman–Crippen LogP) is 2.78. The smallest absolute Gasteiger partial charge is 0.341 e. The van der Waals surface area contributed by atoms with Crippen LogP contribution in [-0.4, -0.2) is 47.1 Å². The molecule has 2 heterocycles. The van der Waals surface area contributed by atoms with Crippen molar-refractivity contribution in [1.82, 2.24) is 4.57 Å². The number of fused-ring (bicyclic) bond motifs is 1. The molecule has 1 saturated carbocycles. The first-order valence-corrected chi connectivity index (χ1v) is 9.99. The number of aliphatic hydroxyl groups excluding tert-OH is 1. The molecule has 1 aliphatic heterocycles. The lowest BCUT2D eigenvalue weighted by molar-refractivity contribution is 0.0694. The van der Waals surface area contributed by atoms with Crippen LogP contribution >= 0.6 is 0 Å². The van der Waals surface area contributed by atoms with Crippen LogP contribution in [0.4, 0.5) is 10.1 Å². The van der Waals surface area contributed by atoms with Gasteiger partial charge >= 0.3 is 5.97 Å². The van der Waals surface area contributed by atoms with Crippen molar-refractivity contribution in [2.75, 3.05) is 25.1 Å². The summed E-state index contributed by atoms with van der Waals surface area (Å²) in [6.45, 7) is 2.94. The summed E-state index contributed by atoms with van der Waals surface area (Å²) in [4.78, 5) is 26.2. The Morgan fingerprint density at radius 2 is 2.07 bits per heavy atom.